The Morgan fingerprint density at radius 1 is 1.45 bits per heavy atom. The summed E-state index contributed by atoms with van der Waals surface area (Å²) in [7, 11) is 0. The molecule has 2 N–H and O–H groups in total. The van der Waals surface area contributed by atoms with Crippen molar-refractivity contribution in [1.82, 2.24) is 4.98 Å². The number of pyridine rings is 1. The molecule has 0 bridgehead atoms. The van der Waals surface area contributed by atoms with Crippen molar-refractivity contribution in [3.8, 4) is 6.07 Å². The van der Waals surface area contributed by atoms with Crippen molar-refractivity contribution < 1.29 is 14.3 Å². The third kappa shape index (κ3) is 2.57. The van der Waals surface area contributed by atoms with Crippen LogP contribution in [0.2, 0.25) is 0 Å². The van der Waals surface area contributed by atoms with Gasteiger partial charge in [-0.05, 0) is 36.8 Å². The van der Waals surface area contributed by atoms with Crippen molar-refractivity contribution in [2.75, 3.05) is 5.32 Å². The fourth-order valence-corrected chi connectivity index (χ4v) is 1.70. The lowest BCUT2D eigenvalue weighted by Crippen LogP contribution is -2.03. The quantitative estimate of drug-likeness (QED) is 0.896. The van der Waals surface area contributed by atoms with E-state index in [0.29, 0.717) is 17.1 Å². The lowest BCUT2D eigenvalue weighted by molar-refractivity contribution is 0.0692. The van der Waals surface area contributed by atoms with Crippen LogP contribution in [0.5, 0.6) is 0 Å². The molecule has 20 heavy (non-hydrogen) atoms. The maximum Gasteiger partial charge on any atom is 0.338 e. The Morgan fingerprint density at radius 3 is 2.80 bits per heavy atom. The van der Waals surface area contributed by atoms with Gasteiger partial charge in [-0.15, -0.1) is 0 Å². The molecule has 0 aliphatic rings. The van der Waals surface area contributed by atoms with Gasteiger partial charge in [-0.1, -0.05) is 0 Å². The summed E-state index contributed by atoms with van der Waals surface area (Å²) < 4.78 is 13.6. The second-order valence-electron chi connectivity index (χ2n) is 4.09. The van der Waals surface area contributed by atoms with E-state index in [2.05, 4.69) is 10.3 Å². The first-order valence-electron chi connectivity index (χ1n) is 5.68. The zero-order chi connectivity index (χ0) is 14.7. The first-order chi connectivity index (χ1) is 9.52. The predicted molar refractivity (Wildman–Crippen MR) is 70.3 cm³/mol. The molecule has 2 aromatic rings. The second-order valence-corrected chi connectivity index (χ2v) is 4.09. The van der Waals surface area contributed by atoms with Crippen molar-refractivity contribution >= 4 is 17.5 Å². The van der Waals surface area contributed by atoms with Crippen LogP contribution < -0.4 is 5.32 Å². The molecule has 0 aliphatic carbocycles. The van der Waals surface area contributed by atoms with Crippen LogP contribution in [0.15, 0.2) is 30.5 Å². The normalized spacial score (nSPS) is 9.85. The van der Waals surface area contributed by atoms with Gasteiger partial charge in [0.1, 0.15) is 17.7 Å². The van der Waals surface area contributed by atoms with E-state index in [0.717, 1.165) is 17.7 Å². The molecule has 6 heteroatoms. The standard InChI is InChI=1S/C14H10FN3O2/c1-8-4-5-17-13(11(8)7-16)18-9-2-3-10(14(19)20)12(15)6-9/h2-6H,1H3,(H,17,18)(H,19,20). The van der Waals surface area contributed by atoms with Gasteiger partial charge in [-0.25, -0.2) is 14.2 Å². The molecule has 0 saturated carbocycles. The van der Waals surface area contributed by atoms with Crippen LogP contribution in [0.3, 0.4) is 0 Å². The van der Waals surface area contributed by atoms with Crippen LogP contribution in [0.1, 0.15) is 21.5 Å². The van der Waals surface area contributed by atoms with E-state index in [-0.39, 0.29) is 0 Å². The van der Waals surface area contributed by atoms with Crippen molar-refractivity contribution in [3.05, 3.63) is 53.0 Å². The Kier molecular flexibility index (Phi) is 3.62. The molecule has 0 aliphatic heterocycles. The summed E-state index contributed by atoms with van der Waals surface area (Å²) >= 11 is 0. The molecule has 100 valence electrons. The molecule has 1 aromatic heterocycles. The van der Waals surface area contributed by atoms with E-state index < -0.39 is 17.3 Å². The number of aromatic carboxylic acids is 1. The zero-order valence-corrected chi connectivity index (χ0v) is 10.5. The minimum atomic E-state index is -1.33. The number of carbonyl (C=O) groups is 1. The highest BCUT2D eigenvalue weighted by Crippen LogP contribution is 2.22. The number of aromatic nitrogens is 1. The molecule has 0 atom stereocenters. The largest absolute Gasteiger partial charge is 0.478 e. The first-order valence-corrected chi connectivity index (χ1v) is 5.68. The molecule has 1 aromatic carbocycles. The highest BCUT2D eigenvalue weighted by Gasteiger charge is 2.12. The molecule has 0 spiro atoms. The molecule has 0 unspecified atom stereocenters. The molecule has 2 rings (SSSR count). The van der Waals surface area contributed by atoms with Crippen molar-refractivity contribution in [2.45, 2.75) is 6.92 Å². The fourth-order valence-electron chi connectivity index (χ4n) is 1.70. The van der Waals surface area contributed by atoms with Crippen LogP contribution in [0.4, 0.5) is 15.9 Å². The number of hydrogen-bond donors (Lipinski definition) is 2. The molecule has 1 heterocycles. The number of nitrogens with zero attached hydrogens (tertiary/aromatic N) is 2. The Hall–Kier alpha value is -2.94. The lowest BCUT2D eigenvalue weighted by atomic mass is 10.1. The minimum Gasteiger partial charge on any atom is -0.478 e. The number of halogens is 1. The number of nitriles is 1. The number of anilines is 2. The molecule has 0 radical (unpaired) electrons. The van der Waals surface area contributed by atoms with E-state index in [9.17, 15) is 9.18 Å². The number of benzene rings is 1. The number of carboxylic acid groups (broad SMARTS) is 1. The minimum absolute atomic E-state index is 0.301. The van der Waals surface area contributed by atoms with Gasteiger partial charge in [0.25, 0.3) is 0 Å². The Balaban J connectivity index is 2.37. The lowest BCUT2D eigenvalue weighted by Gasteiger charge is -2.09. The van der Waals surface area contributed by atoms with E-state index in [4.69, 9.17) is 10.4 Å². The Bertz CT molecular complexity index is 723. The van der Waals surface area contributed by atoms with E-state index in [1.54, 1.807) is 13.0 Å². The summed E-state index contributed by atoms with van der Waals surface area (Å²) in [5, 5.41) is 20.6. The number of aryl methyl sites for hydroxylation is 1. The van der Waals surface area contributed by atoms with Crippen LogP contribution in [0, 0.1) is 24.1 Å². The van der Waals surface area contributed by atoms with Crippen LogP contribution in [0.25, 0.3) is 0 Å². The van der Waals surface area contributed by atoms with E-state index >= 15 is 0 Å². The third-order valence-electron chi connectivity index (χ3n) is 2.73. The maximum absolute atomic E-state index is 13.6. The highest BCUT2D eigenvalue weighted by molar-refractivity contribution is 5.88. The van der Waals surface area contributed by atoms with Crippen molar-refractivity contribution in [2.24, 2.45) is 0 Å². The molecule has 5 nitrogen and oxygen atoms in total. The molecule has 0 saturated heterocycles. The number of rotatable bonds is 3. The van der Waals surface area contributed by atoms with Gasteiger partial charge in [-0.2, -0.15) is 5.26 Å². The summed E-state index contributed by atoms with van der Waals surface area (Å²) in [6.07, 6.45) is 1.53. The van der Waals surface area contributed by atoms with Gasteiger partial charge < -0.3 is 10.4 Å². The highest BCUT2D eigenvalue weighted by atomic mass is 19.1. The molecular weight excluding hydrogens is 261 g/mol. The number of hydrogen-bond acceptors (Lipinski definition) is 4. The SMILES string of the molecule is Cc1ccnc(Nc2ccc(C(=O)O)c(F)c2)c1C#N. The summed E-state index contributed by atoms with van der Waals surface area (Å²) in [6.45, 7) is 1.76. The molecule has 0 amide bonds. The fraction of sp³-hybridized carbons (Fsp3) is 0.0714. The first kappa shape index (κ1) is 13.5. The van der Waals surface area contributed by atoms with Gasteiger partial charge in [0.2, 0.25) is 0 Å². The predicted octanol–water partition coefficient (Wildman–Crippen LogP) is 2.84. The van der Waals surface area contributed by atoms with Crippen LogP contribution in [-0.2, 0) is 0 Å². The zero-order valence-electron chi connectivity index (χ0n) is 10.5. The van der Waals surface area contributed by atoms with Gasteiger partial charge in [0, 0.05) is 11.9 Å². The summed E-state index contributed by atoms with van der Waals surface area (Å²) in [5.41, 5.74) is 1.01. The van der Waals surface area contributed by atoms with Gasteiger partial charge in [0.05, 0.1) is 11.1 Å². The van der Waals surface area contributed by atoms with E-state index in [1.165, 1.54) is 12.3 Å². The second kappa shape index (κ2) is 5.36. The third-order valence-corrected chi connectivity index (χ3v) is 2.73. The average Bonchev–Trinajstić information content (AvgIpc) is 2.38. The molecular formula is C14H10FN3O2. The van der Waals surface area contributed by atoms with Crippen molar-refractivity contribution in [3.63, 3.8) is 0 Å². The van der Waals surface area contributed by atoms with Gasteiger partial charge in [-0.3, -0.25) is 0 Å². The molecule has 0 fully saturated rings. The summed E-state index contributed by atoms with van der Waals surface area (Å²) in [6, 6.07) is 7.33. The monoisotopic (exact) mass is 271 g/mol. The van der Waals surface area contributed by atoms with Gasteiger partial charge >= 0.3 is 5.97 Å². The van der Waals surface area contributed by atoms with Gasteiger partial charge in [0.15, 0.2) is 0 Å². The topological polar surface area (TPSA) is 86.0 Å². The Labute approximate surface area is 114 Å². The average molecular weight is 271 g/mol. The summed E-state index contributed by atoms with van der Waals surface area (Å²) in [4.78, 5) is 14.7. The van der Waals surface area contributed by atoms with Crippen LogP contribution >= 0.6 is 0 Å². The van der Waals surface area contributed by atoms with Crippen LogP contribution in [-0.4, -0.2) is 16.1 Å². The Morgan fingerprint density at radius 2 is 2.20 bits per heavy atom. The van der Waals surface area contributed by atoms with E-state index in [1.807, 2.05) is 6.07 Å². The number of carboxylic acids is 1. The smallest absolute Gasteiger partial charge is 0.338 e. The number of nitrogens with one attached hydrogen (secondary N) is 1. The maximum atomic E-state index is 13.6. The summed E-state index contributed by atoms with van der Waals surface area (Å²) in [5.74, 6) is -1.89. The van der Waals surface area contributed by atoms with Crippen molar-refractivity contribution in [1.29, 1.82) is 5.26 Å².